The molecule has 1 saturated heterocycles. The second-order valence-corrected chi connectivity index (χ2v) is 4.64. The van der Waals surface area contributed by atoms with Gasteiger partial charge in [0.25, 0.3) is 0 Å². The molecular formula is C12H17N5O. The third kappa shape index (κ3) is 2.28. The fourth-order valence-corrected chi connectivity index (χ4v) is 2.41. The first-order chi connectivity index (χ1) is 8.83. The lowest BCUT2D eigenvalue weighted by Gasteiger charge is -2.13. The van der Waals surface area contributed by atoms with Crippen LogP contribution in [0.2, 0.25) is 0 Å². The molecule has 2 aromatic rings. The number of aromatic nitrogens is 4. The van der Waals surface area contributed by atoms with Crippen LogP contribution in [-0.2, 0) is 13.0 Å². The van der Waals surface area contributed by atoms with E-state index in [1.807, 2.05) is 19.4 Å². The first-order valence-electron chi connectivity index (χ1n) is 6.35. The highest BCUT2D eigenvalue weighted by Gasteiger charge is 2.19. The largest absolute Gasteiger partial charge is 0.340 e. The predicted molar refractivity (Wildman–Crippen MR) is 64.9 cm³/mol. The number of hydrogen-bond donors (Lipinski definition) is 1. The molecule has 18 heavy (non-hydrogen) atoms. The van der Waals surface area contributed by atoms with Gasteiger partial charge >= 0.3 is 0 Å². The van der Waals surface area contributed by atoms with Gasteiger partial charge in [0.15, 0.2) is 5.82 Å². The summed E-state index contributed by atoms with van der Waals surface area (Å²) in [6.07, 6.45) is 7.02. The summed E-state index contributed by atoms with van der Waals surface area (Å²) in [6.45, 7) is 3.74. The Morgan fingerprint density at radius 1 is 1.56 bits per heavy atom. The summed E-state index contributed by atoms with van der Waals surface area (Å²) in [7, 11) is 0. The van der Waals surface area contributed by atoms with Crippen LogP contribution in [-0.4, -0.2) is 26.2 Å². The number of imidazole rings is 1. The second-order valence-electron chi connectivity index (χ2n) is 4.64. The SMILES string of the molecule is Cc1nc(CCn2cncc2[C@@H]2CCCN2)no1. The molecular weight excluding hydrogens is 230 g/mol. The van der Waals surface area contributed by atoms with Gasteiger partial charge in [0, 0.05) is 32.1 Å². The highest BCUT2D eigenvalue weighted by molar-refractivity contribution is 5.07. The van der Waals surface area contributed by atoms with Gasteiger partial charge in [-0.1, -0.05) is 5.16 Å². The van der Waals surface area contributed by atoms with Gasteiger partial charge in [-0.05, 0) is 19.4 Å². The molecule has 0 radical (unpaired) electrons. The molecule has 1 aliphatic rings. The Bertz CT molecular complexity index is 512. The van der Waals surface area contributed by atoms with E-state index in [-0.39, 0.29) is 0 Å². The predicted octanol–water partition coefficient (Wildman–Crippen LogP) is 1.24. The molecule has 0 amide bonds. The summed E-state index contributed by atoms with van der Waals surface area (Å²) < 4.78 is 7.14. The quantitative estimate of drug-likeness (QED) is 0.880. The summed E-state index contributed by atoms with van der Waals surface area (Å²) in [6, 6.07) is 0.444. The van der Waals surface area contributed by atoms with Crippen LogP contribution in [0.4, 0.5) is 0 Å². The fraction of sp³-hybridized carbons (Fsp3) is 0.583. The third-order valence-electron chi connectivity index (χ3n) is 3.31. The van der Waals surface area contributed by atoms with Crippen LogP contribution in [0.3, 0.4) is 0 Å². The molecule has 0 saturated carbocycles. The highest BCUT2D eigenvalue weighted by Crippen LogP contribution is 2.22. The van der Waals surface area contributed by atoms with Crippen molar-refractivity contribution in [2.45, 2.75) is 38.8 Å². The molecule has 0 bridgehead atoms. The molecule has 96 valence electrons. The van der Waals surface area contributed by atoms with Crippen LogP contribution in [0.1, 0.15) is 36.3 Å². The van der Waals surface area contributed by atoms with Crippen LogP contribution < -0.4 is 5.32 Å². The summed E-state index contributed by atoms with van der Waals surface area (Å²) in [5.41, 5.74) is 1.26. The molecule has 0 spiro atoms. The number of aryl methyl sites for hydroxylation is 3. The standard InChI is InChI=1S/C12H17N5O/c1-9-15-12(16-18-9)4-6-17-8-13-7-11(17)10-3-2-5-14-10/h7-8,10,14H,2-6H2,1H3/t10-/m0/s1. The van der Waals surface area contributed by atoms with Crippen molar-refractivity contribution in [3.63, 3.8) is 0 Å². The Labute approximate surface area is 105 Å². The smallest absolute Gasteiger partial charge is 0.223 e. The normalized spacial score (nSPS) is 19.5. The Hall–Kier alpha value is -1.69. The molecule has 3 rings (SSSR count). The van der Waals surface area contributed by atoms with Gasteiger partial charge in [-0.3, -0.25) is 0 Å². The Morgan fingerprint density at radius 2 is 2.50 bits per heavy atom. The third-order valence-corrected chi connectivity index (χ3v) is 3.31. The van der Waals surface area contributed by atoms with E-state index in [0.717, 1.165) is 25.3 Å². The van der Waals surface area contributed by atoms with E-state index in [9.17, 15) is 0 Å². The maximum absolute atomic E-state index is 4.97. The van der Waals surface area contributed by atoms with E-state index in [2.05, 4.69) is 25.0 Å². The van der Waals surface area contributed by atoms with Crippen molar-refractivity contribution in [2.24, 2.45) is 0 Å². The topological polar surface area (TPSA) is 68.8 Å². The maximum atomic E-state index is 4.97. The first kappa shape index (κ1) is 11.4. The summed E-state index contributed by atoms with van der Waals surface area (Å²) in [5, 5.41) is 7.40. The van der Waals surface area contributed by atoms with Gasteiger partial charge in [0.05, 0.1) is 12.0 Å². The van der Waals surface area contributed by atoms with E-state index in [1.165, 1.54) is 18.5 Å². The molecule has 1 aliphatic heterocycles. The van der Waals surface area contributed by atoms with E-state index < -0.39 is 0 Å². The lowest BCUT2D eigenvalue weighted by molar-refractivity contribution is 0.386. The monoisotopic (exact) mass is 247 g/mol. The molecule has 0 aromatic carbocycles. The molecule has 6 nitrogen and oxygen atoms in total. The molecule has 6 heteroatoms. The Balaban J connectivity index is 1.67. The number of nitrogens with zero attached hydrogens (tertiary/aromatic N) is 4. The second kappa shape index (κ2) is 4.89. The first-order valence-corrected chi connectivity index (χ1v) is 6.35. The van der Waals surface area contributed by atoms with E-state index in [4.69, 9.17) is 4.52 Å². The average Bonchev–Trinajstić information content (AvgIpc) is 3.07. The molecule has 1 fully saturated rings. The van der Waals surface area contributed by atoms with Crippen molar-refractivity contribution in [1.82, 2.24) is 25.0 Å². The summed E-state index contributed by atoms with van der Waals surface area (Å²) in [5.74, 6) is 1.37. The van der Waals surface area contributed by atoms with Gasteiger partial charge in [0.2, 0.25) is 5.89 Å². The van der Waals surface area contributed by atoms with E-state index in [1.54, 1.807) is 0 Å². The van der Waals surface area contributed by atoms with Gasteiger partial charge < -0.3 is 14.4 Å². The number of rotatable bonds is 4. The van der Waals surface area contributed by atoms with Gasteiger partial charge in [-0.2, -0.15) is 4.98 Å². The molecule has 2 aromatic heterocycles. The Kier molecular flexibility index (Phi) is 3.10. The Morgan fingerprint density at radius 3 is 3.22 bits per heavy atom. The zero-order chi connectivity index (χ0) is 12.4. The zero-order valence-electron chi connectivity index (χ0n) is 10.5. The molecule has 0 unspecified atom stereocenters. The van der Waals surface area contributed by atoms with Crippen LogP contribution in [0.15, 0.2) is 17.0 Å². The number of nitrogens with one attached hydrogen (secondary N) is 1. The zero-order valence-corrected chi connectivity index (χ0v) is 10.5. The van der Waals surface area contributed by atoms with Crippen LogP contribution in [0.5, 0.6) is 0 Å². The molecule has 0 aliphatic carbocycles. The minimum atomic E-state index is 0.444. The van der Waals surface area contributed by atoms with Crippen LogP contribution >= 0.6 is 0 Å². The minimum absolute atomic E-state index is 0.444. The van der Waals surface area contributed by atoms with Crippen LogP contribution in [0, 0.1) is 6.92 Å². The van der Waals surface area contributed by atoms with Crippen molar-refractivity contribution in [1.29, 1.82) is 0 Å². The highest BCUT2D eigenvalue weighted by atomic mass is 16.5. The van der Waals surface area contributed by atoms with Crippen molar-refractivity contribution in [3.05, 3.63) is 29.9 Å². The van der Waals surface area contributed by atoms with E-state index in [0.29, 0.717) is 11.9 Å². The van der Waals surface area contributed by atoms with E-state index >= 15 is 0 Å². The van der Waals surface area contributed by atoms with Gasteiger partial charge in [-0.25, -0.2) is 4.98 Å². The molecule has 1 atom stereocenters. The van der Waals surface area contributed by atoms with Crippen LogP contribution in [0.25, 0.3) is 0 Å². The average molecular weight is 247 g/mol. The lowest BCUT2D eigenvalue weighted by Crippen LogP contribution is -2.17. The minimum Gasteiger partial charge on any atom is -0.340 e. The maximum Gasteiger partial charge on any atom is 0.223 e. The molecule has 3 heterocycles. The van der Waals surface area contributed by atoms with Crippen molar-refractivity contribution >= 4 is 0 Å². The van der Waals surface area contributed by atoms with Gasteiger partial charge in [0.1, 0.15) is 0 Å². The van der Waals surface area contributed by atoms with Crippen molar-refractivity contribution < 1.29 is 4.52 Å². The summed E-state index contributed by atoms with van der Waals surface area (Å²) >= 11 is 0. The van der Waals surface area contributed by atoms with Crippen molar-refractivity contribution in [3.8, 4) is 0 Å². The fourth-order valence-electron chi connectivity index (χ4n) is 2.41. The van der Waals surface area contributed by atoms with Gasteiger partial charge in [-0.15, -0.1) is 0 Å². The lowest BCUT2D eigenvalue weighted by atomic mass is 10.2. The summed E-state index contributed by atoms with van der Waals surface area (Å²) in [4.78, 5) is 8.45. The van der Waals surface area contributed by atoms with Crippen molar-refractivity contribution in [2.75, 3.05) is 6.54 Å². The molecule has 1 N–H and O–H groups in total. The number of hydrogen-bond acceptors (Lipinski definition) is 5.